The van der Waals surface area contributed by atoms with E-state index in [1.54, 1.807) is 12.0 Å². The van der Waals surface area contributed by atoms with Crippen molar-refractivity contribution >= 4 is 11.8 Å². The average Bonchev–Trinajstić information content (AvgIpc) is 2.90. The van der Waals surface area contributed by atoms with Crippen LogP contribution in [0.2, 0.25) is 0 Å². The predicted molar refractivity (Wildman–Crippen MR) is 137 cm³/mol. The van der Waals surface area contributed by atoms with Crippen LogP contribution in [0, 0.1) is 5.92 Å². The molecule has 35 heavy (non-hydrogen) atoms. The van der Waals surface area contributed by atoms with E-state index in [4.69, 9.17) is 4.74 Å². The molecule has 2 aromatic carbocycles. The number of carbonyl (C=O) groups is 2. The minimum absolute atomic E-state index is 0.0433. The second-order valence-electron chi connectivity index (χ2n) is 10.4. The molecule has 3 aliphatic heterocycles. The number of benzene rings is 2. The smallest absolute Gasteiger partial charge is 0.254 e. The largest absolute Gasteiger partial charge is 0.497 e. The lowest BCUT2D eigenvalue weighted by Crippen LogP contribution is -2.52. The molecule has 0 N–H and O–H groups in total. The standard InChI is InChI=1S/C29H37N3O3/c1-30(19-21-9-8-18-32-17-7-6-12-25(21)32)29(34)26-23-10-4-5-11-24(23)28(33)31(2)27(26)20-13-15-22(35-3)16-14-20/h4-5,10-11,13-16,21,25-27H,6-9,12,17-19H2,1-3H3/t21-,25+,26+,27-/m0/s1. The summed E-state index contributed by atoms with van der Waals surface area (Å²) in [6.45, 7) is 3.16. The molecule has 2 saturated heterocycles. The summed E-state index contributed by atoms with van der Waals surface area (Å²) in [5, 5.41) is 0. The summed E-state index contributed by atoms with van der Waals surface area (Å²) >= 11 is 0. The second kappa shape index (κ2) is 10.0. The molecule has 0 aliphatic carbocycles. The monoisotopic (exact) mass is 475 g/mol. The van der Waals surface area contributed by atoms with Gasteiger partial charge in [-0.15, -0.1) is 0 Å². The fraction of sp³-hybridized carbons (Fsp3) is 0.517. The van der Waals surface area contributed by atoms with Crippen molar-refractivity contribution in [1.29, 1.82) is 0 Å². The first-order chi connectivity index (χ1) is 17.0. The third-order valence-electron chi connectivity index (χ3n) is 8.42. The molecular formula is C29H37N3O3. The van der Waals surface area contributed by atoms with Crippen LogP contribution in [0.3, 0.4) is 0 Å². The molecule has 6 nitrogen and oxygen atoms in total. The number of fused-ring (bicyclic) bond motifs is 2. The third-order valence-corrected chi connectivity index (χ3v) is 8.42. The van der Waals surface area contributed by atoms with Crippen LogP contribution in [-0.4, -0.2) is 73.4 Å². The molecule has 4 atom stereocenters. The van der Waals surface area contributed by atoms with Gasteiger partial charge < -0.3 is 19.4 Å². The first kappa shape index (κ1) is 23.9. The molecule has 0 aromatic heterocycles. The van der Waals surface area contributed by atoms with Gasteiger partial charge in [0.05, 0.1) is 19.1 Å². The number of hydrogen-bond acceptors (Lipinski definition) is 4. The highest BCUT2D eigenvalue weighted by molar-refractivity contribution is 6.01. The highest BCUT2D eigenvalue weighted by Crippen LogP contribution is 2.43. The van der Waals surface area contributed by atoms with Gasteiger partial charge in [-0.2, -0.15) is 0 Å². The predicted octanol–water partition coefficient (Wildman–Crippen LogP) is 4.33. The van der Waals surface area contributed by atoms with Crippen molar-refractivity contribution in [3.05, 3.63) is 65.2 Å². The Bertz CT molecular complexity index is 1070. The fourth-order valence-corrected chi connectivity index (χ4v) is 6.63. The lowest BCUT2D eigenvalue weighted by atomic mass is 9.78. The highest BCUT2D eigenvalue weighted by atomic mass is 16.5. The molecule has 2 amide bonds. The van der Waals surface area contributed by atoms with E-state index in [1.165, 1.54) is 45.2 Å². The Kier molecular flexibility index (Phi) is 6.83. The number of rotatable bonds is 5. The molecule has 2 aromatic rings. The van der Waals surface area contributed by atoms with Gasteiger partial charge in [-0.3, -0.25) is 9.59 Å². The van der Waals surface area contributed by atoms with E-state index in [1.807, 2.05) is 67.5 Å². The van der Waals surface area contributed by atoms with Gasteiger partial charge >= 0.3 is 0 Å². The van der Waals surface area contributed by atoms with Crippen molar-refractivity contribution in [3.8, 4) is 5.75 Å². The van der Waals surface area contributed by atoms with Gasteiger partial charge in [-0.25, -0.2) is 0 Å². The minimum atomic E-state index is -0.446. The van der Waals surface area contributed by atoms with Gasteiger partial charge in [0.1, 0.15) is 5.75 Å². The molecule has 0 unspecified atom stereocenters. The van der Waals surface area contributed by atoms with Gasteiger partial charge in [0.2, 0.25) is 5.91 Å². The van der Waals surface area contributed by atoms with Crippen molar-refractivity contribution in [1.82, 2.24) is 14.7 Å². The van der Waals surface area contributed by atoms with Crippen LogP contribution in [0.15, 0.2) is 48.5 Å². The van der Waals surface area contributed by atoms with E-state index in [2.05, 4.69) is 4.90 Å². The fourth-order valence-electron chi connectivity index (χ4n) is 6.63. The van der Waals surface area contributed by atoms with E-state index in [-0.39, 0.29) is 17.9 Å². The number of carbonyl (C=O) groups excluding carboxylic acids is 2. The van der Waals surface area contributed by atoms with Crippen LogP contribution in [0.4, 0.5) is 0 Å². The summed E-state index contributed by atoms with van der Waals surface area (Å²) in [6, 6.07) is 15.6. The van der Waals surface area contributed by atoms with E-state index < -0.39 is 5.92 Å². The SMILES string of the molecule is COc1ccc([C@H]2[C@H](C(=O)N(C)C[C@@H]3CCCN4CCCC[C@H]34)c3ccccc3C(=O)N2C)cc1. The maximum absolute atomic E-state index is 14.2. The zero-order valence-electron chi connectivity index (χ0n) is 21.2. The minimum Gasteiger partial charge on any atom is -0.497 e. The van der Waals surface area contributed by atoms with E-state index >= 15 is 0 Å². The summed E-state index contributed by atoms with van der Waals surface area (Å²) in [4.78, 5) is 33.8. The third kappa shape index (κ3) is 4.44. The zero-order chi connectivity index (χ0) is 24.5. The molecular weight excluding hydrogens is 438 g/mol. The van der Waals surface area contributed by atoms with Crippen LogP contribution in [-0.2, 0) is 4.79 Å². The van der Waals surface area contributed by atoms with Crippen molar-refractivity contribution in [2.24, 2.45) is 5.92 Å². The molecule has 0 bridgehead atoms. The van der Waals surface area contributed by atoms with Crippen LogP contribution in [0.1, 0.15) is 65.5 Å². The van der Waals surface area contributed by atoms with Crippen LogP contribution < -0.4 is 4.74 Å². The molecule has 5 rings (SSSR count). The van der Waals surface area contributed by atoms with Crippen LogP contribution in [0.25, 0.3) is 0 Å². The Morgan fingerprint density at radius 3 is 2.54 bits per heavy atom. The lowest BCUT2D eigenvalue weighted by molar-refractivity contribution is -0.134. The topological polar surface area (TPSA) is 53.1 Å². The van der Waals surface area contributed by atoms with Crippen molar-refractivity contribution in [2.75, 3.05) is 40.8 Å². The number of hydrogen-bond donors (Lipinski definition) is 0. The highest BCUT2D eigenvalue weighted by Gasteiger charge is 2.44. The molecule has 186 valence electrons. The van der Waals surface area contributed by atoms with Crippen molar-refractivity contribution < 1.29 is 14.3 Å². The Morgan fingerprint density at radius 1 is 1.03 bits per heavy atom. The number of nitrogens with zero attached hydrogens (tertiary/aromatic N) is 3. The number of methoxy groups -OCH3 is 1. The van der Waals surface area contributed by atoms with Gasteiger partial charge in [-0.05, 0) is 74.0 Å². The van der Waals surface area contributed by atoms with Gasteiger partial charge in [-0.1, -0.05) is 36.8 Å². The van der Waals surface area contributed by atoms with Gasteiger partial charge in [0.15, 0.2) is 0 Å². The first-order valence-electron chi connectivity index (χ1n) is 13.0. The number of amides is 2. The quantitative estimate of drug-likeness (QED) is 0.646. The molecule has 3 aliphatic rings. The van der Waals surface area contributed by atoms with Crippen molar-refractivity contribution in [3.63, 3.8) is 0 Å². The molecule has 2 fully saturated rings. The van der Waals surface area contributed by atoms with Crippen molar-refractivity contribution in [2.45, 2.75) is 50.1 Å². The Balaban J connectivity index is 1.46. The normalized spacial score (nSPS) is 26.6. The number of piperidine rings is 2. The zero-order valence-corrected chi connectivity index (χ0v) is 21.2. The maximum Gasteiger partial charge on any atom is 0.254 e. The Hall–Kier alpha value is -2.86. The molecule has 0 saturated carbocycles. The van der Waals surface area contributed by atoms with Gasteiger partial charge in [0, 0.05) is 32.2 Å². The Morgan fingerprint density at radius 2 is 1.77 bits per heavy atom. The lowest BCUT2D eigenvalue weighted by Gasteiger charge is -2.46. The summed E-state index contributed by atoms with van der Waals surface area (Å²) < 4.78 is 5.34. The van der Waals surface area contributed by atoms with Gasteiger partial charge in [0.25, 0.3) is 5.91 Å². The summed E-state index contributed by atoms with van der Waals surface area (Å²) in [7, 11) is 5.41. The maximum atomic E-state index is 14.2. The Labute approximate surface area is 208 Å². The van der Waals surface area contributed by atoms with Crippen LogP contribution in [0.5, 0.6) is 5.75 Å². The number of likely N-dealkylation sites (N-methyl/N-ethyl adjacent to an activating group) is 2. The van der Waals surface area contributed by atoms with E-state index in [0.717, 1.165) is 23.4 Å². The summed E-state index contributed by atoms with van der Waals surface area (Å²) in [5.74, 6) is 0.867. The molecule has 3 heterocycles. The molecule has 6 heteroatoms. The van der Waals surface area contributed by atoms with E-state index in [9.17, 15) is 9.59 Å². The second-order valence-corrected chi connectivity index (χ2v) is 10.4. The number of ether oxygens (including phenoxy) is 1. The first-order valence-corrected chi connectivity index (χ1v) is 13.0. The molecule has 0 spiro atoms. The molecule has 0 radical (unpaired) electrons. The summed E-state index contributed by atoms with van der Waals surface area (Å²) in [6.07, 6.45) is 6.21. The van der Waals surface area contributed by atoms with Crippen LogP contribution >= 0.6 is 0 Å². The van der Waals surface area contributed by atoms with E-state index in [0.29, 0.717) is 17.5 Å². The summed E-state index contributed by atoms with van der Waals surface area (Å²) in [5.41, 5.74) is 2.40. The average molecular weight is 476 g/mol.